The van der Waals surface area contributed by atoms with Crippen molar-refractivity contribution in [1.82, 2.24) is 5.32 Å². The number of hydrogen-bond donors (Lipinski definition) is 1. The van der Waals surface area contributed by atoms with E-state index in [1.807, 2.05) is 24.3 Å². The molecule has 2 rings (SSSR count). The van der Waals surface area contributed by atoms with E-state index in [0.717, 1.165) is 11.5 Å². The van der Waals surface area contributed by atoms with Gasteiger partial charge in [0.15, 0.2) is 6.61 Å². The van der Waals surface area contributed by atoms with E-state index in [0.29, 0.717) is 23.9 Å². The van der Waals surface area contributed by atoms with Crippen LogP contribution in [0.4, 0.5) is 0 Å². The number of ether oxygens (including phenoxy) is 3. The zero-order valence-electron chi connectivity index (χ0n) is 12.8. The molecule has 0 aliphatic carbocycles. The molecule has 1 amide bonds. The number of carbonyl (C=O) groups is 1. The van der Waals surface area contributed by atoms with E-state index in [2.05, 4.69) is 5.32 Å². The average Bonchev–Trinajstić information content (AvgIpc) is 2.59. The van der Waals surface area contributed by atoms with Crippen LogP contribution in [0.3, 0.4) is 0 Å². The van der Waals surface area contributed by atoms with Crippen molar-refractivity contribution in [1.29, 1.82) is 0 Å². The molecule has 0 heterocycles. The minimum Gasteiger partial charge on any atom is -0.497 e. The van der Waals surface area contributed by atoms with Gasteiger partial charge in [0.1, 0.15) is 23.9 Å². The lowest BCUT2D eigenvalue weighted by atomic mass is 10.3. The lowest BCUT2D eigenvalue weighted by Crippen LogP contribution is -2.32. The van der Waals surface area contributed by atoms with Gasteiger partial charge in [-0.25, -0.2) is 0 Å². The lowest BCUT2D eigenvalue weighted by Gasteiger charge is -2.09. The summed E-state index contributed by atoms with van der Waals surface area (Å²) in [6.45, 7) is 0.720. The quantitative estimate of drug-likeness (QED) is 0.754. The van der Waals surface area contributed by atoms with Crippen molar-refractivity contribution < 1.29 is 19.0 Å². The third kappa shape index (κ3) is 6.08. The fourth-order valence-electron chi connectivity index (χ4n) is 1.76. The van der Waals surface area contributed by atoms with Gasteiger partial charge in [-0.3, -0.25) is 4.79 Å². The first-order chi connectivity index (χ1) is 11.2. The van der Waals surface area contributed by atoms with Crippen LogP contribution in [-0.4, -0.2) is 32.8 Å². The Hall–Kier alpha value is -2.40. The first kappa shape index (κ1) is 17.0. The van der Waals surface area contributed by atoms with Crippen LogP contribution >= 0.6 is 11.6 Å². The maximum absolute atomic E-state index is 11.6. The summed E-state index contributed by atoms with van der Waals surface area (Å²) in [5.74, 6) is 1.87. The van der Waals surface area contributed by atoms with Crippen molar-refractivity contribution in [3.63, 3.8) is 0 Å². The van der Waals surface area contributed by atoms with E-state index in [1.165, 1.54) is 0 Å². The Morgan fingerprint density at radius 1 is 0.957 bits per heavy atom. The van der Waals surface area contributed by atoms with Gasteiger partial charge in [0, 0.05) is 5.02 Å². The summed E-state index contributed by atoms with van der Waals surface area (Å²) in [6.07, 6.45) is 0. The molecule has 6 heteroatoms. The number of amides is 1. The summed E-state index contributed by atoms with van der Waals surface area (Å²) in [6, 6.07) is 14.1. The van der Waals surface area contributed by atoms with Gasteiger partial charge in [-0.2, -0.15) is 0 Å². The molecule has 5 nitrogen and oxygen atoms in total. The fraction of sp³-hybridized carbons (Fsp3) is 0.235. The number of nitrogens with one attached hydrogen (secondary N) is 1. The molecule has 0 aliphatic heterocycles. The van der Waals surface area contributed by atoms with Gasteiger partial charge < -0.3 is 19.5 Å². The van der Waals surface area contributed by atoms with Gasteiger partial charge in [-0.15, -0.1) is 0 Å². The number of carbonyl (C=O) groups excluding carboxylic acids is 1. The summed E-state index contributed by atoms with van der Waals surface area (Å²) in [7, 11) is 1.61. The second-order valence-electron chi connectivity index (χ2n) is 4.62. The van der Waals surface area contributed by atoms with Crippen molar-refractivity contribution in [2.75, 3.05) is 26.9 Å². The van der Waals surface area contributed by atoms with Crippen LogP contribution in [0.5, 0.6) is 17.2 Å². The first-order valence-electron chi connectivity index (χ1n) is 7.09. The Bertz CT molecular complexity index is 613. The third-order valence-corrected chi connectivity index (χ3v) is 3.19. The average molecular weight is 336 g/mol. The Morgan fingerprint density at radius 2 is 1.52 bits per heavy atom. The summed E-state index contributed by atoms with van der Waals surface area (Å²) in [4.78, 5) is 11.6. The Morgan fingerprint density at radius 3 is 2.17 bits per heavy atom. The van der Waals surface area contributed by atoms with E-state index < -0.39 is 0 Å². The number of halogens is 1. The third-order valence-electron chi connectivity index (χ3n) is 2.94. The summed E-state index contributed by atoms with van der Waals surface area (Å²) >= 11 is 5.77. The van der Waals surface area contributed by atoms with Gasteiger partial charge in [-0.05, 0) is 48.5 Å². The highest BCUT2D eigenvalue weighted by Crippen LogP contribution is 2.17. The minimum atomic E-state index is -0.210. The second-order valence-corrected chi connectivity index (χ2v) is 5.05. The number of rotatable bonds is 8. The van der Waals surface area contributed by atoms with Gasteiger partial charge in [-0.1, -0.05) is 11.6 Å². The molecule has 0 fully saturated rings. The second kappa shape index (κ2) is 8.90. The van der Waals surface area contributed by atoms with Crippen molar-refractivity contribution in [3.05, 3.63) is 53.6 Å². The molecule has 0 saturated heterocycles. The normalized spacial score (nSPS) is 10.0. The van der Waals surface area contributed by atoms with Crippen LogP contribution < -0.4 is 19.5 Å². The molecule has 1 N–H and O–H groups in total. The molecule has 0 radical (unpaired) electrons. The molecule has 0 spiro atoms. The van der Waals surface area contributed by atoms with E-state index in [4.69, 9.17) is 25.8 Å². The van der Waals surface area contributed by atoms with Gasteiger partial charge in [0.05, 0.1) is 13.7 Å². The molecule has 0 aliphatic rings. The smallest absolute Gasteiger partial charge is 0.258 e. The lowest BCUT2D eigenvalue weighted by molar-refractivity contribution is -0.123. The van der Waals surface area contributed by atoms with Crippen molar-refractivity contribution in [3.8, 4) is 17.2 Å². The monoisotopic (exact) mass is 335 g/mol. The molecule has 0 bridgehead atoms. The zero-order chi connectivity index (χ0) is 16.5. The standard InChI is InChI=1S/C17H18ClNO4/c1-21-14-6-8-15(9-7-14)22-11-10-19-17(20)12-23-16-4-2-13(18)3-5-16/h2-9H,10-12H2,1H3,(H,19,20). The molecule has 0 atom stereocenters. The molecule has 2 aromatic rings. The van der Waals surface area contributed by atoms with Crippen molar-refractivity contribution in [2.24, 2.45) is 0 Å². The fourth-order valence-corrected chi connectivity index (χ4v) is 1.89. The van der Waals surface area contributed by atoms with Crippen molar-refractivity contribution >= 4 is 17.5 Å². The maximum Gasteiger partial charge on any atom is 0.258 e. The molecular weight excluding hydrogens is 318 g/mol. The van der Waals surface area contributed by atoms with Crippen LogP contribution in [0, 0.1) is 0 Å². The first-order valence-corrected chi connectivity index (χ1v) is 7.47. The summed E-state index contributed by atoms with van der Waals surface area (Å²) in [5.41, 5.74) is 0. The van der Waals surface area contributed by atoms with E-state index in [9.17, 15) is 4.79 Å². The summed E-state index contributed by atoms with van der Waals surface area (Å²) < 4.78 is 15.9. The van der Waals surface area contributed by atoms with E-state index >= 15 is 0 Å². The number of benzene rings is 2. The predicted molar refractivity (Wildman–Crippen MR) is 88.4 cm³/mol. The van der Waals surface area contributed by atoms with Gasteiger partial charge in [0.25, 0.3) is 5.91 Å². The molecule has 2 aromatic carbocycles. The van der Waals surface area contributed by atoms with Crippen LogP contribution in [-0.2, 0) is 4.79 Å². The number of methoxy groups -OCH3 is 1. The van der Waals surface area contributed by atoms with Crippen LogP contribution in [0.1, 0.15) is 0 Å². The molecule has 122 valence electrons. The molecule has 23 heavy (non-hydrogen) atoms. The summed E-state index contributed by atoms with van der Waals surface area (Å²) in [5, 5.41) is 3.34. The molecule has 0 unspecified atom stereocenters. The molecular formula is C17H18ClNO4. The van der Waals surface area contributed by atoms with E-state index in [-0.39, 0.29) is 12.5 Å². The largest absolute Gasteiger partial charge is 0.497 e. The SMILES string of the molecule is COc1ccc(OCCNC(=O)COc2ccc(Cl)cc2)cc1. The minimum absolute atomic E-state index is 0.0514. The van der Waals surface area contributed by atoms with Crippen LogP contribution in [0.25, 0.3) is 0 Å². The predicted octanol–water partition coefficient (Wildman–Crippen LogP) is 2.92. The van der Waals surface area contributed by atoms with E-state index in [1.54, 1.807) is 31.4 Å². The topological polar surface area (TPSA) is 56.8 Å². The highest BCUT2D eigenvalue weighted by Gasteiger charge is 2.02. The van der Waals surface area contributed by atoms with Crippen LogP contribution in [0.15, 0.2) is 48.5 Å². The van der Waals surface area contributed by atoms with Gasteiger partial charge >= 0.3 is 0 Å². The van der Waals surface area contributed by atoms with Gasteiger partial charge in [0.2, 0.25) is 0 Å². The Balaban J connectivity index is 1.61. The molecule has 0 aromatic heterocycles. The maximum atomic E-state index is 11.6. The highest BCUT2D eigenvalue weighted by atomic mass is 35.5. The van der Waals surface area contributed by atoms with Crippen molar-refractivity contribution in [2.45, 2.75) is 0 Å². The number of hydrogen-bond acceptors (Lipinski definition) is 4. The Labute approximate surface area is 140 Å². The molecule has 0 saturated carbocycles. The Kier molecular flexibility index (Phi) is 6.56. The highest BCUT2D eigenvalue weighted by molar-refractivity contribution is 6.30. The van der Waals surface area contributed by atoms with Crippen LogP contribution in [0.2, 0.25) is 5.02 Å². The zero-order valence-corrected chi connectivity index (χ0v) is 13.5.